The number of hydrogen-bond donors (Lipinski definition) is 3. The Morgan fingerprint density at radius 1 is 0.634 bits per heavy atom. The predicted octanol–water partition coefficient (Wildman–Crippen LogP) is 2.52. The molecule has 3 aliphatic heterocycles. The van der Waals surface area contributed by atoms with Crippen LogP contribution >= 0.6 is 0 Å². The minimum absolute atomic E-state index is 0.0588. The molecule has 0 atom stereocenters. The first-order valence-corrected chi connectivity index (χ1v) is 12.8. The molecule has 1 saturated carbocycles. The molecule has 0 spiro atoms. The Kier molecular flexibility index (Phi) is 7.30. The molecule has 6 heterocycles. The van der Waals surface area contributed by atoms with Crippen molar-refractivity contribution < 1.29 is 56.1 Å². The van der Waals surface area contributed by atoms with Gasteiger partial charge >= 0.3 is 18.3 Å². The minimum Gasteiger partial charge on any atom is -0.467 e. The summed E-state index contributed by atoms with van der Waals surface area (Å²) in [5, 5.41) is 7.74. The summed E-state index contributed by atoms with van der Waals surface area (Å²) < 4.78 is 50.5. The molecule has 3 aromatic rings. The van der Waals surface area contributed by atoms with Gasteiger partial charge < -0.3 is 57.6 Å². The Morgan fingerprint density at radius 2 is 0.951 bits per heavy atom. The van der Waals surface area contributed by atoms with Gasteiger partial charge in [0.1, 0.15) is 35.6 Å². The quantitative estimate of drug-likeness (QED) is 0.319. The Morgan fingerprint density at radius 3 is 1.22 bits per heavy atom. The second kappa shape index (κ2) is 11.2. The smallest absolute Gasteiger partial charge is 0.407 e. The summed E-state index contributed by atoms with van der Waals surface area (Å²) in [6.45, 7) is 1.70. The van der Waals surface area contributed by atoms with Crippen molar-refractivity contribution in [1.82, 2.24) is 16.0 Å². The van der Waals surface area contributed by atoms with E-state index in [0.29, 0.717) is 17.3 Å². The molecule has 1 aliphatic carbocycles. The van der Waals surface area contributed by atoms with E-state index in [9.17, 15) is 14.4 Å². The van der Waals surface area contributed by atoms with Crippen molar-refractivity contribution in [2.45, 2.75) is 69.2 Å². The van der Waals surface area contributed by atoms with Gasteiger partial charge in [0.05, 0.1) is 38.4 Å². The molecule has 4 fully saturated rings. The van der Waals surface area contributed by atoms with E-state index in [1.54, 1.807) is 36.4 Å². The van der Waals surface area contributed by atoms with Gasteiger partial charge in [0.25, 0.3) is 5.97 Å². The van der Waals surface area contributed by atoms with Gasteiger partial charge in [-0.2, -0.15) is 0 Å². The van der Waals surface area contributed by atoms with Gasteiger partial charge in [-0.15, -0.1) is 0 Å². The SMILES string of the molecule is CC12OC3C(OC(=O)NCc4ccco4)C(O1)C(OC(=O)NCc1ccco1)C(O2)C3OC(=O)NCc1ccco1. The lowest BCUT2D eigenvalue weighted by atomic mass is 9.81. The van der Waals surface area contributed by atoms with E-state index in [1.807, 2.05) is 0 Å². The van der Waals surface area contributed by atoms with Crippen molar-refractivity contribution in [3.63, 3.8) is 0 Å². The molecule has 15 heteroatoms. The van der Waals surface area contributed by atoms with Crippen LogP contribution in [0.3, 0.4) is 0 Å². The summed E-state index contributed by atoms with van der Waals surface area (Å²) >= 11 is 0. The van der Waals surface area contributed by atoms with Gasteiger partial charge in [0, 0.05) is 6.92 Å². The number of carbonyl (C=O) groups is 3. The summed E-state index contributed by atoms with van der Waals surface area (Å²) in [4.78, 5) is 38.3. The second-order valence-corrected chi connectivity index (χ2v) is 9.52. The molecular weight excluding hydrogens is 546 g/mol. The summed E-state index contributed by atoms with van der Waals surface area (Å²) in [7, 11) is 0. The summed E-state index contributed by atoms with van der Waals surface area (Å²) in [6, 6.07) is 10.1. The Hall–Kier alpha value is -4.47. The molecule has 41 heavy (non-hydrogen) atoms. The predicted molar refractivity (Wildman–Crippen MR) is 130 cm³/mol. The molecule has 3 aromatic heterocycles. The first-order chi connectivity index (χ1) is 19.9. The second-order valence-electron chi connectivity index (χ2n) is 9.52. The Bertz CT molecular complexity index is 1150. The van der Waals surface area contributed by atoms with E-state index in [2.05, 4.69) is 16.0 Å². The first-order valence-electron chi connectivity index (χ1n) is 12.8. The molecule has 3 saturated heterocycles. The highest BCUT2D eigenvalue weighted by atomic mass is 16.9. The van der Waals surface area contributed by atoms with Crippen LogP contribution in [0.2, 0.25) is 0 Å². The third-order valence-electron chi connectivity index (χ3n) is 6.68. The number of ether oxygens (including phenoxy) is 6. The fraction of sp³-hybridized carbons (Fsp3) is 0.423. The summed E-state index contributed by atoms with van der Waals surface area (Å²) in [5.41, 5.74) is 0. The highest BCUT2D eigenvalue weighted by Crippen LogP contribution is 2.48. The summed E-state index contributed by atoms with van der Waals surface area (Å²) in [5.74, 6) is -0.0440. The van der Waals surface area contributed by atoms with Crippen LogP contribution in [-0.4, -0.2) is 60.9 Å². The van der Waals surface area contributed by atoms with Gasteiger partial charge in [0.15, 0.2) is 18.3 Å². The minimum atomic E-state index is -1.56. The van der Waals surface area contributed by atoms with E-state index in [-0.39, 0.29) is 19.6 Å². The van der Waals surface area contributed by atoms with Crippen LogP contribution in [0.4, 0.5) is 14.4 Å². The number of amides is 3. The van der Waals surface area contributed by atoms with Gasteiger partial charge in [0.2, 0.25) is 0 Å². The zero-order chi connectivity index (χ0) is 28.4. The highest BCUT2D eigenvalue weighted by molar-refractivity contribution is 5.69. The maximum Gasteiger partial charge on any atom is 0.407 e. The van der Waals surface area contributed by atoms with Gasteiger partial charge in [-0.05, 0) is 36.4 Å². The lowest BCUT2D eigenvalue weighted by molar-refractivity contribution is -0.529. The first kappa shape index (κ1) is 26.7. The molecule has 4 bridgehead atoms. The zero-order valence-electron chi connectivity index (χ0n) is 21.7. The van der Waals surface area contributed by atoms with Crippen LogP contribution < -0.4 is 16.0 Å². The average Bonchev–Trinajstić information content (AvgIpc) is 3.75. The number of furan rings is 3. The molecule has 218 valence electrons. The van der Waals surface area contributed by atoms with Crippen molar-refractivity contribution in [2.24, 2.45) is 0 Å². The number of rotatable bonds is 9. The fourth-order valence-electron chi connectivity index (χ4n) is 4.96. The van der Waals surface area contributed by atoms with Gasteiger partial charge in [-0.3, -0.25) is 0 Å². The molecule has 3 amide bonds. The molecule has 0 radical (unpaired) electrons. The van der Waals surface area contributed by atoms with Gasteiger partial charge in [-0.25, -0.2) is 14.4 Å². The topological polar surface area (TPSA) is 182 Å². The van der Waals surface area contributed by atoms with Crippen LogP contribution in [0.1, 0.15) is 24.2 Å². The fourth-order valence-corrected chi connectivity index (χ4v) is 4.96. The van der Waals surface area contributed by atoms with Crippen molar-refractivity contribution in [3.8, 4) is 0 Å². The largest absolute Gasteiger partial charge is 0.467 e. The Labute approximate surface area is 232 Å². The van der Waals surface area contributed by atoms with E-state index >= 15 is 0 Å². The van der Waals surface area contributed by atoms with Gasteiger partial charge in [-0.1, -0.05) is 0 Å². The average molecular weight is 574 g/mol. The standard InChI is InChI=1S/C26H27N3O12/c1-26-39-20-17(36-23(30)27-11-14-5-2-8-33-14)21(40-26)19(38-25(32)29-13-16-7-4-10-35-16)22(41-26)18(20)37-24(31)28-12-15-6-3-9-34-15/h2-10,17-22H,11-13H2,1H3,(H,27,30)(H,28,31)(H,29,32). The van der Waals surface area contributed by atoms with Crippen molar-refractivity contribution in [2.75, 3.05) is 0 Å². The maximum absolute atomic E-state index is 12.8. The summed E-state index contributed by atoms with van der Waals surface area (Å²) in [6.07, 6.45) is -4.51. The number of carbonyl (C=O) groups excluding carboxylic acids is 3. The molecular formula is C26H27N3O12. The molecule has 0 aromatic carbocycles. The number of nitrogens with one attached hydrogen (secondary N) is 3. The third kappa shape index (κ3) is 5.86. The molecule has 15 nitrogen and oxygen atoms in total. The van der Waals surface area contributed by atoms with Crippen molar-refractivity contribution in [1.29, 1.82) is 0 Å². The number of alkyl carbamates (subject to hydrolysis) is 3. The van der Waals surface area contributed by atoms with E-state index in [4.69, 9.17) is 41.7 Å². The lowest BCUT2D eigenvalue weighted by Crippen LogP contribution is -2.80. The van der Waals surface area contributed by atoms with Crippen molar-refractivity contribution in [3.05, 3.63) is 72.5 Å². The molecule has 4 aliphatic rings. The number of hydrogen-bond acceptors (Lipinski definition) is 12. The maximum atomic E-state index is 12.8. The van der Waals surface area contributed by atoms with Crippen LogP contribution in [0.5, 0.6) is 0 Å². The van der Waals surface area contributed by atoms with E-state index in [1.165, 1.54) is 25.7 Å². The molecule has 0 unspecified atom stereocenters. The van der Waals surface area contributed by atoms with E-state index < -0.39 is 60.9 Å². The van der Waals surface area contributed by atoms with Crippen molar-refractivity contribution >= 4 is 18.3 Å². The molecule has 7 rings (SSSR count). The normalized spacial score (nSPS) is 29.5. The van der Waals surface area contributed by atoms with Crippen LogP contribution in [0.25, 0.3) is 0 Å². The third-order valence-corrected chi connectivity index (χ3v) is 6.68. The van der Waals surface area contributed by atoms with E-state index in [0.717, 1.165) is 0 Å². The molecule has 3 N–H and O–H groups in total. The van der Waals surface area contributed by atoms with Crippen LogP contribution in [-0.2, 0) is 48.1 Å². The van der Waals surface area contributed by atoms with Crippen LogP contribution in [0.15, 0.2) is 68.4 Å². The Balaban J connectivity index is 1.18. The van der Waals surface area contributed by atoms with Crippen LogP contribution in [0, 0.1) is 0 Å². The lowest BCUT2D eigenvalue weighted by Gasteiger charge is -2.60. The zero-order valence-corrected chi connectivity index (χ0v) is 21.7. The monoisotopic (exact) mass is 573 g/mol. The highest BCUT2D eigenvalue weighted by Gasteiger charge is 2.70.